The van der Waals surface area contributed by atoms with Gasteiger partial charge >= 0.3 is 6.03 Å². The van der Waals surface area contributed by atoms with Crippen LogP contribution in [0.25, 0.3) is 0 Å². The van der Waals surface area contributed by atoms with Gasteiger partial charge in [0, 0.05) is 19.4 Å². The molecular weight excluding hydrogens is 248 g/mol. The van der Waals surface area contributed by atoms with Crippen LogP contribution in [0.3, 0.4) is 0 Å². The molecular formula is C12H12N4O3. The Morgan fingerprint density at radius 1 is 1.16 bits per heavy atom. The van der Waals surface area contributed by atoms with Crippen molar-refractivity contribution in [1.82, 2.24) is 10.0 Å². The van der Waals surface area contributed by atoms with Gasteiger partial charge in [0.15, 0.2) is 6.17 Å². The zero-order chi connectivity index (χ0) is 14.0. The van der Waals surface area contributed by atoms with Crippen molar-refractivity contribution in [3.05, 3.63) is 35.9 Å². The fourth-order valence-electron chi connectivity index (χ4n) is 1.86. The molecule has 7 heteroatoms. The molecule has 0 fully saturated rings. The average molecular weight is 260 g/mol. The van der Waals surface area contributed by atoms with Crippen LogP contribution < -0.4 is 0 Å². The number of rotatable bonds is 2. The summed E-state index contributed by atoms with van der Waals surface area (Å²) < 4.78 is 0. The molecule has 1 heterocycles. The van der Waals surface area contributed by atoms with E-state index in [1.54, 1.807) is 24.3 Å². The van der Waals surface area contributed by atoms with Crippen molar-refractivity contribution < 1.29 is 14.4 Å². The molecule has 0 spiro atoms. The highest BCUT2D eigenvalue weighted by molar-refractivity contribution is 5.95. The maximum Gasteiger partial charge on any atom is 0.383 e. The minimum Gasteiger partial charge on any atom is -0.273 e. The van der Waals surface area contributed by atoms with Crippen molar-refractivity contribution >= 4 is 17.8 Å². The van der Waals surface area contributed by atoms with E-state index in [2.05, 4.69) is 10.2 Å². The maximum absolute atomic E-state index is 11.7. The Bertz CT molecular complexity index is 541. The van der Waals surface area contributed by atoms with Gasteiger partial charge in [-0.05, 0) is 0 Å². The van der Waals surface area contributed by atoms with Gasteiger partial charge in [0.2, 0.25) is 11.8 Å². The molecule has 0 aromatic heterocycles. The summed E-state index contributed by atoms with van der Waals surface area (Å²) in [6.45, 7) is 2.41. The SMILES string of the molecule is CC(=O)N(C(C)=O)N1C(=O)N=NC1c1ccccc1. The second-order valence-corrected chi connectivity index (χ2v) is 3.98. The Morgan fingerprint density at radius 3 is 2.26 bits per heavy atom. The van der Waals surface area contributed by atoms with Gasteiger partial charge in [0.1, 0.15) is 0 Å². The molecule has 0 radical (unpaired) electrons. The van der Waals surface area contributed by atoms with Crippen LogP contribution in [0.1, 0.15) is 25.6 Å². The molecule has 1 aliphatic heterocycles. The lowest BCUT2D eigenvalue weighted by Crippen LogP contribution is -2.49. The number of benzene rings is 1. The molecule has 4 amide bonds. The lowest BCUT2D eigenvalue weighted by atomic mass is 10.2. The number of carbonyl (C=O) groups excluding carboxylic acids is 3. The number of urea groups is 1. The molecule has 1 aliphatic rings. The lowest BCUT2D eigenvalue weighted by Gasteiger charge is -2.30. The molecule has 2 rings (SSSR count). The monoisotopic (exact) mass is 260 g/mol. The highest BCUT2D eigenvalue weighted by Crippen LogP contribution is 2.30. The molecule has 0 saturated carbocycles. The minimum absolute atomic E-state index is 0.561. The minimum atomic E-state index is -0.790. The predicted octanol–water partition coefficient (Wildman–Crippen LogP) is 1.88. The first kappa shape index (κ1) is 12.9. The van der Waals surface area contributed by atoms with Crippen LogP contribution >= 0.6 is 0 Å². The second kappa shape index (κ2) is 4.97. The van der Waals surface area contributed by atoms with E-state index in [1.807, 2.05) is 6.07 Å². The van der Waals surface area contributed by atoms with Gasteiger partial charge in [-0.2, -0.15) is 15.1 Å². The van der Waals surface area contributed by atoms with Gasteiger partial charge in [-0.3, -0.25) is 9.59 Å². The van der Waals surface area contributed by atoms with Gasteiger partial charge in [0.05, 0.1) is 0 Å². The normalized spacial score (nSPS) is 17.7. The maximum atomic E-state index is 11.7. The Labute approximate surface area is 109 Å². The Hall–Kier alpha value is -2.57. The molecule has 7 nitrogen and oxygen atoms in total. The zero-order valence-electron chi connectivity index (χ0n) is 10.5. The first-order valence-corrected chi connectivity index (χ1v) is 5.62. The largest absolute Gasteiger partial charge is 0.383 e. The van der Waals surface area contributed by atoms with Gasteiger partial charge in [-0.1, -0.05) is 35.4 Å². The molecule has 1 aromatic carbocycles. The summed E-state index contributed by atoms with van der Waals surface area (Å²) in [4.78, 5) is 34.8. The summed E-state index contributed by atoms with van der Waals surface area (Å²) >= 11 is 0. The third kappa shape index (κ3) is 2.35. The Kier molecular flexibility index (Phi) is 3.37. The smallest absolute Gasteiger partial charge is 0.273 e. The van der Waals surface area contributed by atoms with Crippen molar-refractivity contribution in [3.8, 4) is 0 Å². The average Bonchev–Trinajstić information content (AvgIpc) is 2.72. The molecule has 1 unspecified atom stereocenters. The number of hydrogen-bond donors (Lipinski definition) is 0. The predicted molar refractivity (Wildman–Crippen MR) is 64.5 cm³/mol. The van der Waals surface area contributed by atoms with E-state index in [0.29, 0.717) is 5.56 Å². The van der Waals surface area contributed by atoms with Gasteiger partial charge in [0.25, 0.3) is 0 Å². The number of amides is 4. The van der Waals surface area contributed by atoms with Crippen molar-refractivity contribution in [2.75, 3.05) is 0 Å². The van der Waals surface area contributed by atoms with E-state index >= 15 is 0 Å². The first-order chi connectivity index (χ1) is 9.02. The Morgan fingerprint density at radius 2 is 1.74 bits per heavy atom. The van der Waals surface area contributed by atoms with Crippen molar-refractivity contribution in [3.63, 3.8) is 0 Å². The molecule has 0 aliphatic carbocycles. The van der Waals surface area contributed by atoms with E-state index in [9.17, 15) is 14.4 Å². The fraction of sp³-hybridized carbons (Fsp3) is 0.250. The Balaban J connectivity index is 2.39. The molecule has 0 bridgehead atoms. The highest BCUT2D eigenvalue weighted by atomic mass is 16.2. The molecule has 19 heavy (non-hydrogen) atoms. The van der Waals surface area contributed by atoms with Crippen LogP contribution in [-0.2, 0) is 9.59 Å². The molecule has 1 aromatic rings. The number of nitrogens with zero attached hydrogens (tertiary/aromatic N) is 4. The van der Waals surface area contributed by atoms with Crippen LogP contribution in [0.2, 0.25) is 0 Å². The summed E-state index contributed by atoms with van der Waals surface area (Å²) in [5, 5.41) is 8.94. The van der Waals surface area contributed by atoms with Crippen molar-refractivity contribution in [2.24, 2.45) is 10.2 Å². The van der Waals surface area contributed by atoms with Crippen LogP contribution in [0.5, 0.6) is 0 Å². The van der Waals surface area contributed by atoms with E-state index in [1.165, 1.54) is 13.8 Å². The quantitative estimate of drug-likeness (QED) is 0.813. The van der Waals surface area contributed by atoms with Gasteiger partial charge in [-0.25, -0.2) is 4.79 Å². The highest BCUT2D eigenvalue weighted by Gasteiger charge is 2.38. The standard InChI is InChI=1S/C12H12N4O3/c1-8(17)15(9(2)18)16-11(13-14-12(16)19)10-6-4-3-5-7-10/h3-7,11H,1-2H3. The molecule has 0 saturated heterocycles. The number of hydrazine groups is 1. The first-order valence-electron chi connectivity index (χ1n) is 5.62. The second-order valence-electron chi connectivity index (χ2n) is 3.98. The van der Waals surface area contributed by atoms with Crippen molar-refractivity contribution in [1.29, 1.82) is 0 Å². The van der Waals surface area contributed by atoms with Crippen molar-refractivity contribution in [2.45, 2.75) is 20.0 Å². The summed E-state index contributed by atoms with van der Waals surface area (Å²) in [5.41, 5.74) is 0.671. The summed E-state index contributed by atoms with van der Waals surface area (Å²) in [6.07, 6.45) is -0.790. The third-order valence-electron chi connectivity index (χ3n) is 2.59. The van der Waals surface area contributed by atoms with Gasteiger partial charge in [-0.15, -0.1) is 0 Å². The number of hydrogen-bond acceptors (Lipinski definition) is 4. The van der Waals surface area contributed by atoms with Gasteiger partial charge < -0.3 is 0 Å². The van der Waals surface area contributed by atoms with Crippen LogP contribution in [0.4, 0.5) is 4.79 Å². The number of azo groups is 1. The van der Waals surface area contributed by atoms with E-state index in [0.717, 1.165) is 10.0 Å². The molecule has 0 N–H and O–H groups in total. The van der Waals surface area contributed by atoms with E-state index < -0.39 is 24.0 Å². The molecule has 1 atom stereocenters. The fourth-order valence-corrected chi connectivity index (χ4v) is 1.86. The number of carbonyl (C=O) groups is 3. The van der Waals surface area contributed by atoms with E-state index in [4.69, 9.17) is 0 Å². The zero-order valence-corrected chi connectivity index (χ0v) is 10.5. The van der Waals surface area contributed by atoms with Crippen LogP contribution in [0.15, 0.2) is 40.6 Å². The molecule has 98 valence electrons. The lowest BCUT2D eigenvalue weighted by molar-refractivity contribution is -0.158. The summed E-state index contributed by atoms with van der Waals surface area (Å²) in [5.74, 6) is -1.12. The summed E-state index contributed by atoms with van der Waals surface area (Å²) in [7, 11) is 0. The summed E-state index contributed by atoms with van der Waals surface area (Å²) in [6, 6.07) is 8.12. The number of imide groups is 1. The van der Waals surface area contributed by atoms with Crippen LogP contribution in [-0.4, -0.2) is 27.9 Å². The third-order valence-corrected chi connectivity index (χ3v) is 2.59. The topological polar surface area (TPSA) is 82.4 Å². The van der Waals surface area contributed by atoms with Crippen LogP contribution in [0, 0.1) is 0 Å². The van der Waals surface area contributed by atoms with E-state index in [-0.39, 0.29) is 0 Å².